The number of allylic oxidation sites excluding steroid dienone is 4. The van der Waals surface area contributed by atoms with Gasteiger partial charge in [0.1, 0.15) is 11.5 Å². The molecule has 1 saturated heterocycles. The first-order valence-corrected chi connectivity index (χ1v) is 17.1. The minimum Gasteiger partial charge on any atom is -0.508 e. The second-order valence-corrected chi connectivity index (χ2v) is 14.1. The SMILES string of the molecule is COc1ccc(O)c([C@H]2C3=CC[C@@H]4C(=O)N(Cc5cccs5)C(=O)[C@@H]4[C@@H]3C[C@H]3C(=O)C(c4ccccc4)=CC(=O)[C@@]23c2ccccc2)c1. The Labute approximate surface area is 282 Å². The Hall–Kier alpha value is -5.08. The van der Waals surface area contributed by atoms with E-state index in [9.17, 15) is 19.5 Å². The highest BCUT2D eigenvalue weighted by molar-refractivity contribution is 7.09. The van der Waals surface area contributed by atoms with Crippen LogP contribution in [0.25, 0.3) is 5.57 Å². The van der Waals surface area contributed by atoms with Gasteiger partial charge < -0.3 is 9.84 Å². The lowest BCUT2D eigenvalue weighted by Crippen LogP contribution is -2.58. The summed E-state index contributed by atoms with van der Waals surface area (Å²) in [5.74, 6) is -3.86. The number of thiophene rings is 1. The molecule has 0 unspecified atom stereocenters. The molecule has 2 heterocycles. The van der Waals surface area contributed by atoms with Crippen LogP contribution in [0.2, 0.25) is 0 Å². The van der Waals surface area contributed by atoms with E-state index in [2.05, 4.69) is 0 Å². The maximum atomic E-state index is 15.1. The summed E-state index contributed by atoms with van der Waals surface area (Å²) in [4.78, 5) is 60.5. The number of fused-ring (bicyclic) bond motifs is 4. The molecule has 3 aromatic carbocycles. The second kappa shape index (κ2) is 11.6. The number of benzene rings is 3. The highest BCUT2D eigenvalue weighted by atomic mass is 32.1. The number of imide groups is 1. The minimum absolute atomic E-state index is 0.0373. The number of Topliss-reactive ketones (excluding diaryl/α,β-unsaturated/α-hetero) is 1. The first-order valence-electron chi connectivity index (χ1n) is 16.2. The molecule has 8 rings (SSSR count). The molecule has 1 saturated carbocycles. The first-order chi connectivity index (χ1) is 23.3. The number of hydrogen-bond acceptors (Lipinski definition) is 7. The molecule has 7 nitrogen and oxygen atoms in total. The number of rotatable bonds is 6. The normalized spacial score (nSPS) is 27.9. The smallest absolute Gasteiger partial charge is 0.234 e. The van der Waals surface area contributed by atoms with E-state index in [4.69, 9.17) is 4.74 Å². The molecule has 2 fully saturated rings. The molecule has 48 heavy (non-hydrogen) atoms. The molecular weight excluding hydrogens is 623 g/mol. The molecule has 1 aliphatic heterocycles. The van der Waals surface area contributed by atoms with Crippen molar-refractivity contribution in [3.05, 3.63) is 136 Å². The van der Waals surface area contributed by atoms with Crippen LogP contribution in [0.15, 0.2) is 114 Å². The number of likely N-dealkylation sites (tertiary alicyclic amines) is 1. The topological polar surface area (TPSA) is 101 Å². The van der Waals surface area contributed by atoms with Crippen LogP contribution in [0, 0.1) is 23.7 Å². The predicted molar refractivity (Wildman–Crippen MR) is 181 cm³/mol. The zero-order valence-electron chi connectivity index (χ0n) is 26.2. The number of carbonyl (C=O) groups excluding carboxylic acids is 4. The van der Waals surface area contributed by atoms with E-state index in [-0.39, 0.29) is 42.1 Å². The Bertz CT molecular complexity index is 2020. The summed E-state index contributed by atoms with van der Waals surface area (Å²) in [7, 11) is 1.54. The molecule has 8 heteroatoms. The lowest BCUT2D eigenvalue weighted by atomic mass is 9.44. The van der Waals surface area contributed by atoms with Gasteiger partial charge in [-0.15, -0.1) is 11.3 Å². The fourth-order valence-electron chi connectivity index (χ4n) is 8.89. The van der Waals surface area contributed by atoms with Crippen molar-refractivity contribution in [2.24, 2.45) is 23.7 Å². The monoisotopic (exact) mass is 655 g/mol. The van der Waals surface area contributed by atoms with Crippen LogP contribution in [0.3, 0.4) is 0 Å². The van der Waals surface area contributed by atoms with Gasteiger partial charge >= 0.3 is 0 Å². The van der Waals surface area contributed by atoms with Crippen molar-refractivity contribution in [3.63, 3.8) is 0 Å². The highest BCUT2D eigenvalue weighted by Crippen LogP contribution is 2.64. The van der Waals surface area contributed by atoms with Gasteiger partial charge in [0, 0.05) is 27.8 Å². The maximum Gasteiger partial charge on any atom is 0.234 e. The fourth-order valence-corrected chi connectivity index (χ4v) is 9.58. The fraction of sp³-hybridized carbons (Fsp3) is 0.250. The van der Waals surface area contributed by atoms with Crippen LogP contribution in [0.4, 0.5) is 0 Å². The molecule has 3 aliphatic carbocycles. The van der Waals surface area contributed by atoms with Crippen LogP contribution >= 0.6 is 11.3 Å². The summed E-state index contributed by atoms with van der Waals surface area (Å²) < 4.78 is 5.60. The quantitative estimate of drug-likeness (QED) is 0.188. The molecular formula is C40H33NO6S. The number of ketones is 2. The predicted octanol–water partition coefficient (Wildman–Crippen LogP) is 6.49. The summed E-state index contributed by atoms with van der Waals surface area (Å²) in [6.45, 7) is 0.209. The summed E-state index contributed by atoms with van der Waals surface area (Å²) in [5.41, 5.74) is 1.48. The zero-order chi connectivity index (χ0) is 33.2. The number of ether oxygens (including phenoxy) is 1. The molecule has 0 radical (unpaired) electrons. The lowest BCUT2D eigenvalue weighted by molar-refractivity contribution is -0.141. The number of amides is 2. The Morgan fingerprint density at radius 2 is 1.65 bits per heavy atom. The molecule has 1 N–H and O–H groups in total. The van der Waals surface area contributed by atoms with Gasteiger partial charge in [0.25, 0.3) is 0 Å². The number of aromatic hydroxyl groups is 1. The van der Waals surface area contributed by atoms with Crippen molar-refractivity contribution < 1.29 is 29.0 Å². The number of hydrogen-bond donors (Lipinski definition) is 1. The molecule has 4 aliphatic rings. The standard InChI is InChI=1S/C40H33NO6S/c1-47-25-14-17-33(42)31(19-25)36-27-15-16-28-35(39(46)41(38(28)45)22-26-13-8-18-48-26)30(27)20-32-37(44)29(23-9-4-2-5-10-23)21-34(43)40(32,36)24-11-6-3-7-12-24/h2-15,17-19,21,28,30,32,35-36,42H,16,20,22H2,1H3/t28-,30+,32-,35-,36+,40-/m0/s1. The molecule has 6 atom stereocenters. The summed E-state index contributed by atoms with van der Waals surface area (Å²) in [5, 5.41) is 13.5. The van der Waals surface area contributed by atoms with E-state index in [1.807, 2.05) is 84.3 Å². The van der Waals surface area contributed by atoms with E-state index < -0.39 is 35.0 Å². The number of nitrogens with zero attached hydrogens (tertiary/aromatic N) is 1. The third-order valence-corrected chi connectivity index (χ3v) is 11.8. The average molecular weight is 656 g/mol. The van der Waals surface area contributed by atoms with Gasteiger partial charge in [0.2, 0.25) is 11.8 Å². The van der Waals surface area contributed by atoms with Crippen LogP contribution in [-0.2, 0) is 31.1 Å². The van der Waals surface area contributed by atoms with Crippen molar-refractivity contribution in [1.82, 2.24) is 4.90 Å². The van der Waals surface area contributed by atoms with Crippen molar-refractivity contribution in [2.45, 2.75) is 30.7 Å². The van der Waals surface area contributed by atoms with Crippen molar-refractivity contribution in [3.8, 4) is 11.5 Å². The Morgan fingerprint density at radius 3 is 2.35 bits per heavy atom. The van der Waals surface area contributed by atoms with E-state index in [0.717, 1.165) is 10.5 Å². The Morgan fingerprint density at radius 1 is 0.896 bits per heavy atom. The summed E-state index contributed by atoms with van der Waals surface area (Å²) >= 11 is 1.50. The highest BCUT2D eigenvalue weighted by Gasteiger charge is 2.66. The number of methoxy groups -OCH3 is 1. The third kappa shape index (κ3) is 4.39. The molecule has 4 aromatic rings. The van der Waals surface area contributed by atoms with E-state index in [1.54, 1.807) is 18.2 Å². The third-order valence-electron chi connectivity index (χ3n) is 10.9. The van der Waals surface area contributed by atoms with Gasteiger partial charge in [-0.2, -0.15) is 0 Å². The average Bonchev–Trinajstić information content (AvgIpc) is 3.72. The van der Waals surface area contributed by atoms with Gasteiger partial charge in [0.15, 0.2) is 11.6 Å². The summed E-state index contributed by atoms with van der Waals surface area (Å²) in [6, 6.07) is 27.3. The van der Waals surface area contributed by atoms with Crippen molar-refractivity contribution in [2.75, 3.05) is 7.11 Å². The van der Waals surface area contributed by atoms with Gasteiger partial charge in [-0.05, 0) is 65.6 Å². The summed E-state index contributed by atoms with van der Waals surface area (Å²) in [6.07, 6.45) is 4.02. The van der Waals surface area contributed by atoms with Crippen LogP contribution in [0.1, 0.15) is 40.3 Å². The molecule has 240 valence electrons. The minimum atomic E-state index is -1.42. The zero-order valence-corrected chi connectivity index (χ0v) is 27.1. The molecule has 0 spiro atoms. The van der Waals surface area contributed by atoms with Gasteiger partial charge in [-0.25, -0.2) is 0 Å². The number of phenols is 1. The number of phenolic OH excluding ortho intramolecular Hbond substituents is 1. The van der Waals surface area contributed by atoms with Crippen LogP contribution in [0.5, 0.6) is 11.5 Å². The molecule has 1 aromatic heterocycles. The first kappa shape index (κ1) is 30.3. The van der Waals surface area contributed by atoms with E-state index in [1.165, 1.54) is 29.4 Å². The largest absolute Gasteiger partial charge is 0.508 e. The van der Waals surface area contributed by atoms with Gasteiger partial charge in [0.05, 0.1) is 30.9 Å². The van der Waals surface area contributed by atoms with Gasteiger partial charge in [-0.1, -0.05) is 78.4 Å². The van der Waals surface area contributed by atoms with E-state index >= 15 is 4.79 Å². The van der Waals surface area contributed by atoms with Gasteiger partial charge in [-0.3, -0.25) is 24.1 Å². The maximum absolute atomic E-state index is 15.1. The van der Waals surface area contributed by atoms with Crippen molar-refractivity contribution in [1.29, 1.82) is 0 Å². The lowest BCUT2D eigenvalue weighted by Gasteiger charge is -2.55. The second-order valence-electron chi connectivity index (χ2n) is 13.1. The van der Waals surface area contributed by atoms with Crippen molar-refractivity contribution >= 4 is 40.3 Å². The Balaban J connectivity index is 1.36. The van der Waals surface area contributed by atoms with E-state index in [0.29, 0.717) is 34.4 Å². The van der Waals surface area contributed by atoms with Crippen LogP contribution in [-0.4, -0.2) is 40.5 Å². The molecule has 2 amide bonds. The van der Waals surface area contributed by atoms with Crippen LogP contribution < -0.4 is 4.74 Å². The number of carbonyl (C=O) groups is 4. The Kier molecular flexibility index (Phi) is 7.29. The molecule has 0 bridgehead atoms.